The Morgan fingerprint density at radius 3 is 2.48 bits per heavy atom. The normalized spacial score (nSPS) is 17.2. The molecular formula is C17H18N3O5-. The number of hydrogen-bond acceptors (Lipinski definition) is 6. The van der Waals surface area contributed by atoms with Crippen molar-refractivity contribution in [3.05, 3.63) is 42.1 Å². The van der Waals surface area contributed by atoms with Crippen molar-refractivity contribution in [3.63, 3.8) is 0 Å². The van der Waals surface area contributed by atoms with E-state index in [9.17, 15) is 24.3 Å². The van der Waals surface area contributed by atoms with Gasteiger partial charge in [0.2, 0.25) is 11.8 Å². The van der Waals surface area contributed by atoms with Crippen LogP contribution in [0.5, 0.6) is 0 Å². The topological polar surface area (TPSA) is 119 Å². The molecule has 0 bridgehead atoms. The molecule has 1 aromatic carbocycles. The first-order valence-electron chi connectivity index (χ1n) is 7.78. The van der Waals surface area contributed by atoms with Gasteiger partial charge in [-0.3, -0.25) is 19.8 Å². The number of amides is 4. The molecule has 2 N–H and O–H groups in total. The van der Waals surface area contributed by atoms with Gasteiger partial charge in [-0.2, -0.15) is 0 Å². The summed E-state index contributed by atoms with van der Waals surface area (Å²) in [6, 6.07) is 4.84. The molecule has 1 aromatic rings. The molecule has 132 valence electrons. The number of nitrogens with zero attached hydrogens (tertiary/aromatic N) is 1. The van der Waals surface area contributed by atoms with Gasteiger partial charge in [0, 0.05) is 17.9 Å². The summed E-state index contributed by atoms with van der Waals surface area (Å²) < 4.78 is 0. The molecule has 1 aliphatic heterocycles. The highest BCUT2D eigenvalue weighted by Gasteiger charge is 2.41. The largest absolute Gasteiger partial charge is 0.545 e. The van der Waals surface area contributed by atoms with E-state index >= 15 is 0 Å². The van der Waals surface area contributed by atoms with Crippen LogP contribution in [-0.2, 0) is 9.59 Å². The van der Waals surface area contributed by atoms with Crippen LogP contribution in [0.3, 0.4) is 0 Å². The summed E-state index contributed by atoms with van der Waals surface area (Å²) in [5.74, 6) is -3.93. The van der Waals surface area contributed by atoms with Gasteiger partial charge in [-0.25, -0.2) is 4.79 Å². The van der Waals surface area contributed by atoms with Crippen LogP contribution in [0.15, 0.2) is 36.5 Å². The Labute approximate surface area is 144 Å². The van der Waals surface area contributed by atoms with Gasteiger partial charge < -0.3 is 15.2 Å². The Bertz CT molecular complexity index is 726. The van der Waals surface area contributed by atoms with Crippen LogP contribution in [0.1, 0.15) is 30.1 Å². The Balaban J connectivity index is 2.13. The van der Waals surface area contributed by atoms with Crippen LogP contribution in [0.4, 0.5) is 10.5 Å². The summed E-state index contributed by atoms with van der Waals surface area (Å²) in [4.78, 5) is 48.1. The number of urea groups is 1. The molecule has 8 heteroatoms. The van der Waals surface area contributed by atoms with E-state index in [1.807, 2.05) is 6.92 Å². The Morgan fingerprint density at radius 2 is 1.92 bits per heavy atom. The molecule has 4 amide bonds. The predicted molar refractivity (Wildman–Crippen MR) is 87.2 cm³/mol. The zero-order valence-electron chi connectivity index (χ0n) is 13.7. The average molecular weight is 344 g/mol. The zero-order chi connectivity index (χ0) is 18.6. The van der Waals surface area contributed by atoms with Gasteiger partial charge in [0.1, 0.15) is 0 Å². The molecule has 0 aliphatic carbocycles. The van der Waals surface area contributed by atoms with E-state index in [4.69, 9.17) is 0 Å². The number of nitrogens with one attached hydrogen (secondary N) is 2. The van der Waals surface area contributed by atoms with Crippen molar-refractivity contribution < 1.29 is 24.3 Å². The van der Waals surface area contributed by atoms with Crippen molar-refractivity contribution in [2.75, 3.05) is 11.9 Å². The van der Waals surface area contributed by atoms with Gasteiger partial charge in [0.05, 0.1) is 5.97 Å². The Morgan fingerprint density at radius 1 is 1.28 bits per heavy atom. The highest BCUT2D eigenvalue weighted by Crippen LogP contribution is 2.21. The molecule has 2 rings (SSSR count). The van der Waals surface area contributed by atoms with Crippen molar-refractivity contribution in [3.8, 4) is 0 Å². The van der Waals surface area contributed by atoms with Gasteiger partial charge in [-0.1, -0.05) is 32.1 Å². The SMILES string of the molecule is C=C(Nc1ccc(C(=O)[O-])cc1)[C@H]1C(=O)NC(=O)N(CCCC)C1=O. The highest BCUT2D eigenvalue weighted by atomic mass is 16.4. The van der Waals surface area contributed by atoms with Gasteiger partial charge in [-0.15, -0.1) is 0 Å². The second-order valence-electron chi connectivity index (χ2n) is 5.59. The van der Waals surface area contributed by atoms with Crippen molar-refractivity contribution in [2.24, 2.45) is 5.92 Å². The maximum absolute atomic E-state index is 12.5. The number of rotatable bonds is 7. The minimum atomic E-state index is -1.31. The Hall–Kier alpha value is -3.16. The van der Waals surface area contributed by atoms with Gasteiger partial charge >= 0.3 is 6.03 Å². The summed E-state index contributed by atoms with van der Waals surface area (Å²) in [6.07, 6.45) is 1.42. The van der Waals surface area contributed by atoms with E-state index in [0.717, 1.165) is 11.3 Å². The standard InChI is InChI=1S/C17H19N3O5/c1-3-4-9-20-15(22)13(14(21)19-17(20)25)10(2)18-12-7-5-11(6-8-12)16(23)24/h5-8,13,18H,2-4,9H2,1H3,(H,23,24)(H,19,21,25)/p-1/t13-/m0/s1. The maximum Gasteiger partial charge on any atom is 0.330 e. The van der Waals surface area contributed by atoms with Gasteiger partial charge in [0.15, 0.2) is 5.92 Å². The summed E-state index contributed by atoms with van der Waals surface area (Å²) >= 11 is 0. The summed E-state index contributed by atoms with van der Waals surface area (Å²) in [6.45, 7) is 5.86. The third-order valence-electron chi connectivity index (χ3n) is 3.76. The number of anilines is 1. The number of carbonyl (C=O) groups excluding carboxylic acids is 4. The molecule has 1 fully saturated rings. The van der Waals surface area contributed by atoms with Crippen LogP contribution < -0.4 is 15.7 Å². The summed E-state index contributed by atoms with van der Waals surface area (Å²) in [7, 11) is 0. The number of aromatic carboxylic acids is 1. The number of barbiturate groups is 1. The summed E-state index contributed by atoms with van der Waals surface area (Å²) in [5.41, 5.74) is 0.546. The lowest BCUT2D eigenvalue weighted by Crippen LogP contribution is -2.58. The minimum absolute atomic E-state index is 0.000939. The van der Waals surface area contributed by atoms with Crippen LogP contribution in [-0.4, -0.2) is 35.3 Å². The quantitative estimate of drug-likeness (QED) is 0.694. The molecule has 8 nitrogen and oxygen atoms in total. The van der Waals surface area contributed by atoms with E-state index in [1.54, 1.807) is 0 Å². The second-order valence-corrected chi connectivity index (χ2v) is 5.59. The minimum Gasteiger partial charge on any atom is -0.545 e. The first-order valence-corrected chi connectivity index (χ1v) is 7.78. The predicted octanol–water partition coefficient (Wildman–Crippen LogP) is 0.470. The molecule has 25 heavy (non-hydrogen) atoms. The number of unbranched alkanes of at least 4 members (excludes halogenated alkanes) is 1. The van der Waals surface area contributed by atoms with E-state index < -0.39 is 29.7 Å². The molecule has 1 saturated heterocycles. The van der Waals surface area contributed by atoms with Crippen LogP contribution in [0.2, 0.25) is 0 Å². The van der Waals surface area contributed by atoms with E-state index in [-0.39, 0.29) is 17.8 Å². The van der Waals surface area contributed by atoms with Crippen LogP contribution in [0.25, 0.3) is 0 Å². The third-order valence-corrected chi connectivity index (χ3v) is 3.76. The number of carbonyl (C=O) groups is 4. The van der Waals surface area contributed by atoms with Crippen LogP contribution >= 0.6 is 0 Å². The van der Waals surface area contributed by atoms with Gasteiger partial charge in [0.25, 0.3) is 0 Å². The molecule has 0 radical (unpaired) electrons. The summed E-state index contributed by atoms with van der Waals surface area (Å²) in [5, 5.41) is 15.7. The van der Waals surface area contributed by atoms with E-state index in [2.05, 4.69) is 17.2 Å². The van der Waals surface area contributed by atoms with Crippen LogP contribution in [0, 0.1) is 5.92 Å². The molecule has 0 aromatic heterocycles. The second kappa shape index (κ2) is 7.61. The lowest BCUT2D eigenvalue weighted by Gasteiger charge is -2.31. The first kappa shape index (κ1) is 18.2. The van der Waals surface area contributed by atoms with Crippen molar-refractivity contribution in [1.82, 2.24) is 10.2 Å². The third kappa shape index (κ3) is 4.03. The van der Waals surface area contributed by atoms with Crippen molar-refractivity contribution in [2.45, 2.75) is 19.8 Å². The average Bonchev–Trinajstić information content (AvgIpc) is 2.54. The van der Waals surface area contributed by atoms with Gasteiger partial charge in [-0.05, 0) is 24.1 Å². The Kier molecular flexibility index (Phi) is 5.53. The van der Waals surface area contributed by atoms with E-state index in [1.165, 1.54) is 24.3 Å². The molecule has 0 spiro atoms. The van der Waals surface area contributed by atoms with E-state index in [0.29, 0.717) is 12.1 Å². The fourth-order valence-electron chi connectivity index (χ4n) is 2.40. The fraction of sp³-hybridized carbons (Fsp3) is 0.294. The monoisotopic (exact) mass is 344 g/mol. The number of carboxylic acid groups (broad SMARTS) is 1. The van der Waals surface area contributed by atoms with Crippen molar-refractivity contribution in [1.29, 1.82) is 0 Å². The molecule has 1 heterocycles. The lowest BCUT2D eigenvalue weighted by molar-refractivity contribution is -0.255. The van der Waals surface area contributed by atoms with Crippen molar-refractivity contribution >= 4 is 29.5 Å². The maximum atomic E-state index is 12.5. The molecule has 0 unspecified atom stereocenters. The smallest absolute Gasteiger partial charge is 0.330 e. The molecule has 1 atom stereocenters. The number of hydrogen-bond donors (Lipinski definition) is 2. The lowest BCUT2D eigenvalue weighted by atomic mass is 10.0. The highest BCUT2D eigenvalue weighted by molar-refractivity contribution is 6.17. The molecule has 1 aliphatic rings. The zero-order valence-corrected chi connectivity index (χ0v) is 13.7. The number of carboxylic acids is 1. The number of imide groups is 2. The fourth-order valence-corrected chi connectivity index (χ4v) is 2.40. The molecular weight excluding hydrogens is 326 g/mol. The first-order chi connectivity index (χ1) is 11.8. The molecule has 0 saturated carbocycles. The number of benzene rings is 1.